The Kier molecular flexibility index (Phi) is 3.36. The molecule has 1 aromatic heterocycles. The number of amides is 3. The molecule has 1 aromatic rings. The Hall–Kier alpha value is -2.24. The van der Waals surface area contributed by atoms with Crippen LogP contribution >= 0.6 is 0 Å². The molecule has 0 saturated carbocycles. The third-order valence-corrected chi connectivity index (χ3v) is 2.71. The highest BCUT2D eigenvalue weighted by molar-refractivity contribution is 6.20. The summed E-state index contributed by atoms with van der Waals surface area (Å²) in [6.07, 6.45) is 1.86. The standard InChI is InChI=1S/C12H13N3O3/c1-2-9(16)13-6-7-15-11(17)8-4-3-5-14-10(8)12(15)18/h3-5H,2,6-7H2,1H3,(H,13,16). The minimum Gasteiger partial charge on any atom is -0.354 e. The van der Waals surface area contributed by atoms with Crippen LogP contribution in [0.4, 0.5) is 0 Å². The molecule has 2 heterocycles. The lowest BCUT2D eigenvalue weighted by molar-refractivity contribution is -0.120. The molecule has 0 saturated heterocycles. The Morgan fingerprint density at radius 1 is 1.39 bits per heavy atom. The number of fused-ring (bicyclic) bond motifs is 1. The van der Waals surface area contributed by atoms with Crippen LogP contribution in [0.1, 0.15) is 34.2 Å². The molecule has 0 spiro atoms. The van der Waals surface area contributed by atoms with Crippen LogP contribution in [0.25, 0.3) is 0 Å². The molecule has 0 aliphatic carbocycles. The number of rotatable bonds is 4. The van der Waals surface area contributed by atoms with Crippen LogP contribution in [0.5, 0.6) is 0 Å². The first-order valence-corrected chi connectivity index (χ1v) is 5.73. The summed E-state index contributed by atoms with van der Waals surface area (Å²) < 4.78 is 0. The number of carbonyl (C=O) groups excluding carboxylic acids is 3. The predicted octanol–water partition coefficient (Wildman–Crippen LogP) is 0.204. The van der Waals surface area contributed by atoms with E-state index in [4.69, 9.17) is 0 Å². The van der Waals surface area contributed by atoms with Crippen LogP contribution < -0.4 is 5.32 Å². The third-order valence-electron chi connectivity index (χ3n) is 2.71. The maximum Gasteiger partial charge on any atom is 0.280 e. The Bertz CT molecular complexity index is 478. The summed E-state index contributed by atoms with van der Waals surface area (Å²) in [5, 5.41) is 2.62. The first-order chi connectivity index (χ1) is 8.65. The van der Waals surface area contributed by atoms with E-state index in [0.717, 1.165) is 4.90 Å². The van der Waals surface area contributed by atoms with Gasteiger partial charge in [-0.15, -0.1) is 0 Å². The second-order valence-corrected chi connectivity index (χ2v) is 3.87. The van der Waals surface area contributed by atoms with Gasteiger partial charge in [-0.05, 0) is 12.1 Å². The van der Waals surface area contributed by atoms with Gasteiger partial charge in [-0.3, -0.25) is 24.3 Å². The van der Waals surface area contributed by atoms with Crippen molar-refractivity contribution in [2.45, 2.75) is 13.3 Å². The van der Waals surface area contributed by atoms with Crippen molar-refractivity contribution < 1.29 is 14.4 Å². The zero-order valence-electron chi connectivity index (χ0n) is 9.97. The van der Waals surface area contributed by atoms with Crippen LogP contribution in [-0.2, 0) is 4.79 Å². The number of pyridine rings is 1. The number of carbonyl (C=O) groups is 3. The Morgan fingerprint density at radius 3 is 2.83 bits per heavy atom. The van der Waals surface area contributed by atoms with E-state index in [1.54, 1.807) is 19.1 Å². The summed E-state index contributed by atoms with van der Waals surface area (Å²) in [6, 6.07) is 3.19. The van der Waals surface area contributed by atoms with E-state index >= 15 is 0 Å². The van der Waals surface area contributed by atoms with Crippen molar-refractivity contribution in [2.75, 3.05) is 13.1 Å². The van der Waals surface area contributed by atoms with E-state index in [0.29, 0.717) is 12.0 Å². The molecule has 0 atom stereocenters. The molecule has 0 fully saturated rings. The summed E-state index contributed by atoms with van der Waals surface area (Å²) in [5.74, 6) is -0.861. The van der Waals surface area contributed by atoms with Gasteiger partial charge < -0.3 is 5.32 Å². The quantitative estimate of drug-likeness (QED) is 0.771. The zero-order chi connectivity index (χ0) is 13.1. The second kappa shape index (κ2) is 4.95. The van der Waals surface area contributed by atoms with Gasteiger partial charge in [0.1, 0.15) is 5.69 Å². The highest BCUT2D eigenvalue weighted by Crippen LogP contribution is 2.19. The van der Waals surface area contributed by atoms with E-state index in [1.165, 1.54) is 6.20 Å². The molecule has 94 valence electrons. The van der Waals surface area contributed by atoms with E-state index in [2.05, 4.69) is 10.3 Å². The molecule has 0 bridgehead atoms. The predicted molar refractivity (Wildman–Crippen MR) is 62.9 cm³/mol. The lowest BCUT2D eigenvalue weighted by atomic mass is 10.2. The van der Waals surface area contributed by atoms with E-state index in [-0.39, 0.29) is 30.6 Å². The largest absolute Gasteiger partial charge is 0.354 e. The van der Waals surface area contributed by atoms with Gasteiger partial charge in [-0.1, -0.05) is 6.92 Å². The first kappa shape index (κ1) is 12.2. The van der Waals surface area contributed by atoms with Crippen molar-refractivity contribution in [3.8, 4) is 0 Å². The van der Waals surface area contributed by atoms with Crippen molar-refractivity contribution in [2.24, 2.45) is 0 Å². The molecule has 1 aliphatic heterocycles. The van der Waals surface area contributed by atoms with E-state index in [1.807, 2.05) is 0 Å². The van der Waals surface area contributed by atoms with Gasteiger partial charge in [0.2, 0.25) is 5.91 Å². The Labute approximate surface area is 104 Å². The van der Waals surface area contributed by atoms with Gasteiger partial charge in [0.15, 0.2) is 0 Å². The molecule has 1 aliphatic rings. The smallest absolute Gasteiger partial charge is 0.280 e. The van der Waals surface area contributed by atoms with Gasteiger partial charge in [-0.25, -0.2) is 0 Å². The van der Waals surface area contributed by atoms with Crippen molar-refractivity contribution in [1.29, 1.82) is 0 Å². The van der Waals surface area contributed by atoms with Gasteiger partial charge in [0.05, 0.1) is 5.56 Å². The normalized spacial score (nSPS) is 13.7. The Morgan fingerprint density at radius 2 is 2.17 bits per heavy atom. The monoisotopic (exact) mass is 247 g/mol. The van der Waals surface area contributed by atoms with Crippen molar-refractivity contribution >= 4 is 17.7 Å². The average Bonchev–Trinajstić information content (AvgIpc) is 2.64. The lowest BCUT2D eigenvalue weighted by Crippen LogP contribution is -2.38. The fraction of sp³-hybridized carbons (Fsp3) is 0.333. The van der Waals surface area contributed by atoms with Gasteiger partial charge >= 0.3 is 0 Å². The molecule has 6 heteroatoms. The number of aromatic nitrogens is 1. The van der Waals surface area contributed by atoms with Crippen LogP contribution in [0.2, 0.25) is 0 Å². The van der Waals surface area contributed by atoms with Gasteiger partial charge in [0.25, 0.3) is 11.8 Å². The fourth-order valence-electron chi connectivity index (χ4n) is 1.75. The molecule has 6 nitrogen and oxygen atoms in total. The van der Waals surface area contributed by atoms with Crippen molar-refractivity contribution in [3.05, 3.63) is 29.6 Å². The van der Waals surface area contributed by atoms with E-state index in [9.17, 15) is 14.4 Å². The van der Waals surface area contributed by atoms with Crippen molar-refractivity contribution in [3.63, 3.8) is 0 Å². The fourth-order valence-corrected chi connectivity index (χ4v) is 1.75. The summed E-state index contributed by atoms with van der Waals surface area (Å²) in [5.41, 5.74) is 0.508. The molecule has 1 N–H and O–H groups in total. The lowest BCUT2D eigenvalue weighted by Gasteiger charge is -2.13. The maximum atomic E-state index is 11.9. The van der Waals surface area contributed by atoms with Crippen molar-refractivity contribution in [1.82, 2.24) is 15.2 Å². The molecule has 0 unspecified atom stereocenters. The van der Waals surface area contributed by atoms with Crippen LogP contribution in [0.15, 0.2) is 18.3 Å². The number of nitrogens with one attached hydrogen (secondary N) is 1. The highest BCUT2D eigenvalue weighted by atomic mass is 16.2. The number of nitrogens with zero attached hydrogens (tertiary/aromatic N) is 2. The first-order valence-electron chi connectivity index (χ1n) is 5.73. The molecule has 2 rings (SSSR count). The molecule has 0 aromatic carbocycles. The van der Waals surface area contributed by atoms with E-state index < -0.39 is 5.91 Å². The minimum absolute atomic E-state index is 0.107. The minimum atomic E-state index is -0.402. The second-order valence-electron chi connectivity index (χ2n) is 3.87. The summed E-state index contributed by atoms with van der Waals surface area (Å²) in [6.45, 7) is 2.17. The number of imide groups is 1. The van der Waals surface area contributed by atoms with Gasteiger partial charge in [0, 0.05) is 25.7 Å². The van der Waals surface area contributed by atoms with Gasteiger partial charge in [-0.2, -0.15) is 0 Å². The molecular weight excluding hydrogens is 234 g/mol. The van der Waals surface area contributed by atoms with Crippen LogP contribution in [0, 0.1) is 0 Å². The van der Waals surface area contributed by atoms with Crippen LogP contribution in [0.3, 0.4) is 0 Å². The molecule has 3 amide bonds. The summed E-state index contributed by atoms with van der Waals surface area (Å²) >= 11 is 0. The highest BCUT2D eigenvalue weighted by Gasteiger charge is 2.36. The number of hydrogen-bond acceptors (Lipinski definition) is 4. The van der Waals surface area contributed by atoms with Crippen LogP contribution in [-0.4, -0.2) is 40.7 Å². The summed E-state index contributed by atoms with van der Waals surface area (Å²) in [4.78, 5) is 39.8. The zero-order valence-corrected chi connectivity index (χ0v) is 9.97. The molecular formula is C12H13N3O3. The third kappa shape index (κ3) is 2.09. The molecule has 18 heavy (non-hydrogen) atoms. The topological polar surface area (TPSA) is 79.4 Å². The number of hydrogen-bond donors (Lipinski definition) is 1. The SMILES string of the molecule is CCC(=O)NCCN1C(=O)c2cccnc2C1=O. The molecule has 0 radical (unpaired) electrons. The summed E-state index contributed by atoms with van der Waals surface area (Å²) in [7, 11) is 0. The average molecular weight is 247 g/mol. The maximum absolute atomic E-state index is 11.9. The Balaban J connectivity index is 2.03.